The molecule has 2 atom stereocenters. The van der Waals surface area contributed by atoms with Gasteiger partial charge in [0.2, 0.25) is 0 Å². The number of benzene rings is 2. The van der Waals surface area contributed by atoms with E-state index in [0.717, 1.165) is 24.3 Å². The smallest absolute Gasteiger partial charge is 0.416 e. The average molecular weight is 432 g/mol. The first-order valence-electron chi connectivity index (χ1n) is 9.12. The van der Waals surface area contributed by atoms with Gasteiger partial charge in [-0.3, -0.25) is 0 Å². The highest BCUT2D eigenvalue weighted by atomic mass is 32.2. The molecule has 0 saturated heterocycles. The van der Waals surface area contributed by atoms with Crippen molar-refractivity contribution in [1.29, 1.82) is 0 Å². The quantitative estimate of drug-likeness (QED) is 0.610. The van der Waals surface area contributed by atoms with Gasteiger partial charge < -0.3 is 4.74 Å². The summed E-state index contributed by atoms with van der Waals surface area (Å²) in [6.45, 7) is -0.104. The molecule has 1 saturated carbocycles. The Labute approximate surface area is 164 Å². The molecule has 1 heterocycles. The van der Waals surface area contributed by atoms with Gasteiger partial charge in [-0.25, -0.2) is 17.2 Å². The van der Waals surface area contributed by atoms with Gasteiger partial charge in [0, 0.05) is 5.92 Å². The van der Waals surface area contributed by atoms with Gasteiger partial charge in [-0.1, -0.05) is 12.8 Å². The van der Waals surface area contributed by atoms with Crippen LogP contribution >= 0.6 is 0 Å². The summed E-state index contributed by atoms with van der Waals surface area (Å²) in [6.07, 6.45) is -2.99. The first kappa shape index (κ1) is 20.1. The van der Waals surface area contributed by atoms with Crippen molar-refractivity contribution in [2.45, 2.75) is 41.5 Å². The molecule has 29 heavy (non-hydrogen) atoms. The number of halogens is 5. The summed E-state index contributed by atoms with van der Waals surface area (Å²) in [6, 6.07) is 4.86. The zero-order valence-electron chi connectivity index (χ0n) is 15.1. The van der Waals surface area contributed by atoms with Crippen LogP contribution in [0, 0.1) is 17.6 Å². The van der Waals surface area contributed by atoms with Crippen molar-refractivity contribution >= 4 is 9.84 Å². The normalized spacial score (nSPS) is 24.4. The number of sulfone groups is 1. The van der Waals surface area contributed by atoms with E-state index in [9.17, 15) is 30.4 Å². The SMILES string of the molecule is O=S(=O)(c1ccc(C(F)(F)F)cc1)[C@@]12CCCCC1COc1c(F)ccc(F)c12. The molecule has 1 aliphatic heterocycles. The molecule has 1 unspecified atom stereocenters. The molecule has 0 bridgehead atoms. The standard InChI is InChI=1S/C20H17F5O3S/c21-15-8-9-16(22)18-17(15)19(10-2-1-3-13(19)11-28-18)29(26,27)14-6-4-12(5-7-14)20(23,24)25/h4-9,13H,1-3,10-11H2/t13?,19-/m0/s1. The van der Waals surface area contributed by atoms with E-state index in [-0.39, 0.29) is 23.5 Å². The van der Waals surface area contributed by atoms with Crippen LogP contribution in [-0.4, -0.2) is 15.0 Å². The minimum absolute atomic E-state index is 0.0394. The van der Waals surface area contributed by atoms with Crippen molar-refractivity contribution in [3.8, 4) is 5.75 Å². The molecule has 0 spiro atoms. The lowest BCUT2D eigenvalue weighted by Gasteiger charge is -2.47. The number of fused-ring (bicyclic) bond motifs is 3. The van der Waals surface area contributed by atoms with Crippen LogP contribution in [0.2, 0.25) is 0 Å². The van der Waals surface area contributed by atoms with E-state index in [1.54, 1.807) is 0 Å². The lowest BCUT2D eigenvalue weighted by Crippen LogP contribution is -2.50. The van der Waals surface area contributed by atoms with E-state index in [2.05, 4.69) is 0 Å². The van der Waals surface area contributed by atoms with Crippen molar-refractivity contribution in [2.75, 3.05) is 6.61 Å². The van der Waals surface area contributed by atoms with Crippen LogP contribution in [0.4, 0.5) is 22.0 Å². The molecular formula is C20H17F5O3S. The van der Waals surface area contributed by atoms with Crippen LogP contribution in [0.25, 0.3) is 0 Å². The van der Waals surface area contributed by atoms with Crippen molar-refractivity contribution in [3.63, 3.8) is 0 Å². The van der Waals surface area contributed by atoms with Gasteiger partial charge in [0.15, 0.2) is 21.4 Å². The summed E-state index contributed by atoms with van der Waals surface area (Å²) in [7, 11) is -4.35. The Balaban J connectivity index is 1.94. The number of ether oxygens (including phenoxy) is 1. The molecule has 3 nitrogen and oxygen atoms in total. The second-order valence-electron chi connectivity index (χ2n) is 7.40. The second-order valence-corrected chi connectivity index (χ2v) is 9.61. The highest BCUT2D eigenvalue weighted by Crippen LogP contribution is 2.56. The Morgan fingerprint density at radius 3 is 2.28 bits per heavy atom. The third kappa shape index (κ3) is 2.93. The van der Waals surface area contributed by atoms with Crippen LogP contribution in [0.1, 0.15) is 36.8 Å². The predicted molar refractivity (Wildman–Crippen MR) is 94.1 cm³/mol. The molecular weight excluding hydrogens is 415 g/mol. The molecule has 156 valence electrons. The summed E-state index contributed by atoms with van der Waals surface area (Å²) in [5, 5.41) is 0. The van der Waals surface area contributed by atoms with Gasteiger partial charge in [0.1, 0.15) is 10.6 Å². The Morgan fingerprint density at radius 1 is 0.966 bits per heavy atom. The Kier molecular flexibility index (Phi) is 4.64. The van der Waals surface area contributed by atoms with E-state index in [1.807, 2.05) is 0 Å². The summed E-state index contributed by atoms with van der Waals surface area (Å²) in [4.78, 5) is -0.353. The monoisotopic (exact) mass is 432 g/mol. The summed E-state index contributed by atoms with van der Waals surface area (Å²) in [5.74, 6) is -2.83. The van der Waals surface area contributed by atoms with Crippen LogP contribution < -0.4 is 4.74 Å². The zero-order valence-corrected chi connectivity index (χ0v) is 15.9. The van der Waals surface area contributed by atoms with Gasteiger partial charge in [-0.05, 0) is 49.2 Å². The van der Waals surface area contributed by atoms with Gasteiger partial charge in [-0.2, -0.15) is 13.2 Å². The Morgan fingerprint density at radius 2 is 1.62 bits per heavy atom. The lowest BCUT2D eigenvalue weighted by atomic mass is 9.73. The fraction of sp³-hybridized carbons (Fsp3) is 0.400. The van der Waals surface area contributed by atoms with Crippen LogP contribution in [0.3, 0.4) is 0 Å². The molecule has 4 rings (SSSR count). The Bertz CT molecular complexity index is 1050. The zero-order chi connectivity index (χ0) is 21.0. The predicted octanol–water partition coefficient (Wildman–Crippen LogP) is 5.24. The van der Waals surface area contributed by atoms with E-state index >= 15 is 0 Å². The highest BCUT2D eigenvalue weighted by molar-refractivity contribution is 7.92. The van der Waals surface area contributed by atoms with Gasteiger partial charge in [-0.15, -0.1) is 0 Å². The van der Waals surface area contributed by atoms with Crippen LogP contribution in [0.15, 0.2) is 41.3 Å². The maximum Gasteiger partial charge on any atom is 0.416 e. The minimum Gasteiger partial charge on any atom is -0.490 e. The van der Waals surface area contributed by atoms with E-state index < -0.39 is 49.6 Å². The molecule has 0 aromatic heterocycles. The number of hydrogen-bond acceptors (Lipinski definition) is 3. The largest absolute Gasteiger partial charge is 0.490 e. The Hall–Kier alpha value is -2.16. The van der Waals surface area contributed by atoms with Gasteiger partial charge in [0.25, 0.3) is 0 Å². The molecule has 2 aliphatic rings. The van der Waals surface area contributed by atoms with Crippen molar-refractivity contribution in [3.05, 3.63) is 59.2 Å². The molecule has 9 heteroatoms. The average Bonchev–Trinajstić information content (AvgIpc) is 2.69. The third-order valence-corrected chi connectivity index (χ3v) is 8.49. The third-order valence-electron chi connectivity index (χ3n) is 5.89. The van der Waals surface area contributed by atoms with Crippen LogP contribution in [0.5, 0.6) is 5.75 Å². The molecule has 1 fully saturated rings. The number of rotatable bonds is 2. The first-order chi connectivity index (χ1) is 13.6. The topological polar surface area (TPSA) is 43.4 Å². The molecule has 0 N–H and O–H groups in total. The van der Waals surface area contributed by atoms with Crippen molar-refractivity contribution in [2.24, 2.45) is 5.92 Å². The number of hydrogen-bond donors (Lipinski definition) is 0. The fourth-order valence-electron chi connectivity index (χ4n) is 4.54. The molecule has 2 aromatic rings. The van der Waals surface area contributed by atoms with E-state index in [4.69, 9.17) is 4.74 Å². The summed E-state index contributed by atoms with van der Waals surface area (Å²) in [5.41, 5.74) is -1.34. The van der Waals surface area contributed by atoms with Gasteiger partial charge >= 0.3 is 6.18 Å². The molecule has 0 amide bonds. The fourth-order valence-corrected chi connectivity index (χ4v) is 6.95. The second kappa shape index (κ2) is 6.68. The van der Waals surface area contributed by atoms with E-state index in [1.165, 1.54) is 0 Å². The summed E-state index contributed by atoms with van der Waals surface area (Å²) >= 11 is 0. The van der Waals surface area contributed by atoms with Crippen molar-refractivity contribution < 1.29 is 35.1 Å². The van der Waals surface area contributed by atoms with Crippen molar-refractivity contribution in [1.82, 2.24) is 0 Å². The maximum absolute atomic E-state index is 14.9. The maximum atomic E-state index is 14.9. The molecule has 2 aromatic carbocycles. The van der Waals surface area contributed by atoms with Crippen LogP contribution in [-0.2, 0) is 20.8 Å². The number of alkyl halides is 3. The lowest BCUT2D eigenvalue weighted by molar-refractivity contribution is -0.137. The molecule has 0 radical (unpaired) electrons. The molecule has 1 aliphatic carbocycles. The van der Waals surface area contributed by atoms with E-state index in [0.29, 0.717) is 31.4 Å². The van der Waals surface area contributed by atoms with Gasteiger partial charge in [0.05, 0.1) is 22.6 Å². The summed E-state index contributed by atoms with van der Waals surface area (Å²) < 4.78 is 98.9. The highest BCUT2D eigenvalue weighted by Gasteiger charge is 2.58. The minimum atomic E-state index is -4.62. The first-order valence-corrected chi connectivity index (χ1v) is 10.6.